The van der Waals surface area contributed by atoms with Gasteiger partial charge in [-0.3, -0.25) is 0 Å². The second-order valence-corrected chi connectivity index (χ2v) is 4.08. The van der Waals surface area contributed by atoms with E-state index in [4.69, 9.17) is 10.5 Å². The molecule has 0 fully saturated rings. The Morgan fingerprint density at radius 2 is 2.13 bits per heavy atom. The molecule has 1 aromatic carbocycles. The predicted octanol–water partition coefficient (Wildman–Crippen LogP) is 1.13. The quantitative estimate of drug-likeness (QED) is 0.788. The van der Waals surface area contributed by atoms with Gasteiger partial charge in [0, 0.05) is 12.6 Å². The van der Waals surface area contributed by atoms with Gasteiger partial charge in [0.2, 0.25) is 0 Å². The number of nitrogens with two attached hydrogens (primary N) is 1. The van der Waals surface area contributed by atoms with Crippen LogP contribution in [-0.2, 0) is 6.42 Å². The average Bonchev–Trinajstić information content (AvgIpc) is 2.16. The molecule has 1 atom stereocenters. The summed E-state index contributed by atoms with van der Waals surface area (Å²) in [5.74, 6) is 0.893. The number of likely N-dealkylation sites (N-methyl/N-ethyl adjacent to an activating group) is 1. The highest BCUT2D eigenvalue weighted by atomic mass is 16.5. The van der Waals surface area contributed by atoms with Crippen molar-refractivity contribution in [2.24, 2.45) is 5.73 Å². The van der Waals surface area contributed by atoms with E-state index >= 15 is 0 Å². The smallest absolute Gasteiger partial charge is 0.119 e. The van der Waals surface area contributed by atoms with Gasteiger partial charge < -0.3 is 15.4 Å². The summed E-state index contributed by atoms with van der Waals surface area (Å²) in [6.07, 6.45) is 0.884. The summed E-state index contributed by atoms with van der Waals surface area (Å²) >= 11 is 0. The van der Waals surface area contributed by atoms with Crippen molar-refractivity contribution < 1.29 is 4.74 Å². The zero-order valence-corrected chi connectivity index (χ0v) is 9.73. The molecule has 1 rings (SSSR count). The Morgan fingerprint density at radius 1 is 1.40 bits per heavy atom. The molecule has 0 radical (unpaired) electrons. The lowest BCUT2D eigenvalue weighted by molar-refractivity contribution is 0.370. The lowest BCUT2D eigenvalue weighted by Gasteiger charge is -2.17. The Labute approximate surface area is 91.8 Å². The maximum absolute atomic E-state index is 6.02. The molecular formula is C12H20N2O. The van der Waals surface area contributed by atoms with Crippen LogP contribution in [0.4, 0.5) is 0 Å². The molecule has 3 nitrogen and oxygen atoms in total. The maximum atomic E-state index is 6.02. The van der Waals surface area contributed by atoms with E-state index in [1.54, 1.807) is 7.11 Å². The van der Waals surface area contributed by atoms with Crippen LogP contribution < -0.4 is 10.5 Å². The Morgan fingerprint density at radius 3 is 2.73 bits per heavy atom. The molecule has 15 heavy (non-hydrogen) atoms. The molecule has 3 heteroatoms. The van der Waals surface area contributed by atoms with Gasteiger partial charge in [0.05, 0.1) is 7.11 Å². The summed E-state index contributed by atoms with van der Waals surface area (Å²) in [6, 6.07) is 8.23. The fraction of sp³-hybridized carbons (Fsp3) is 0.500. The van der Waals surface area contributed by atoms with Gasteiger partial charge in [0.15, 0.2) is 0 Å². The van der Waals surface area contributed by atoms with Crippen molar-refractivity contribution in [3.63, 3.8) is 0 Å². The first-order valence-corrected chi connectivity index (χ1v) is 5.15. The molecule has 84 valence electrons. The molecule has 0 heterocycles. The van der Waals surface area contributed by atoms with Crippen LogP contribution >= 0.6 is 0 Å². The SMILES string of the molecule is COc1cccc(CC(N)CN(C)C)c1. The molecule has 0 spiro atoms. The Hall–Kier alpha value is -1.06. The highest BCUT2D eigenvalue weighted by Gasteiger charge is 2.05. The van der Waals surface area contributed by atoms with Crippen LogP contribution in [0.5, 0.6) is 5.75 Å². The molecule has 1 aromatic rings. The normalized spacial score (nSPS) is 12.9. The highest BCUT2D eigenvalue weighted by molar-refractivity contribution is 5.28. The van der Waals surface area contributed by atoms with E-state index in [0.29, 0.717) is 0 Å². The van der Waals surface area contributed by atoms with Gasteiger partial charge in [-0.1, -0.05) is 12.1 Å². The zero-order chi connectivity index (χ0) is 11.3. The van der Waals surface area contributed by atoms with E-state index in [1.807, 2.05) is 32.3 Å². The first-order chi connectivity index (χ1) is 7.11. The molecule has 0 saturated heterocycles. The molecule has 0 amide bonds. The van der Waals surface area contributed by atoms with E-state index in [0.717, 1.165) is 18.7 Å². The number of hydrogen-bond donors (Lipinski definition) is 1. The minimum atomic E-state index is 0.173. The van der Waals surface area contributed by atoms with E-state index in [9.17, 15) is 0 Å². The topological polar surface area (TPSA) is 38.5 Å². The molecule has 0 aliphatic carbocycles. The first-order valence-electron chi connectivity index (χ1n) is 5.15. The van der Waals surface area contributed by atoms with Crippen LogP contribution in [0, 0.1) is 0 Å². The molecule has 0 aliphatic heterocycles. The number of benzene rings is 1. The predicted molar refractivity (Wildman–Crippen MR) is 63.2 cm³/mol. The standard InChI is InChI=1S/C12H20N2O/c1-14(2)9-11(13)7-10-5-4-6-12(8-10)15-3/h4-6,8,11H,7,9,13H2,1-3H3. The number of methoxy groups -OCH3 is 1. The number of rotatable bonds is 5. The Balaban J connectivity index is 2.55. The van der Waals surface area contributed by atoms with E-state index in [1.165, 1.54) is 5.56 Å². The van der Waals surface area contributed by atoms with Gasteiger partial charge in [-0.05, 0) is 38.2 Å². The van der Waals surface area contributed by atoms with Crippen LogP contribution in [0.2, 0.25) is 0 Å². The number of hydrogen-bond acceptors (Lipinski definition) is 3. The summed E-state index contributed by atoms with van der Waals surface area (Å²) in [4.78, 5) is 2.10. The number of nitrogens with zero attached hydrogens (tertiary/aromatic N) is 1. The van der Waals surface area contributed by atoms with Gasteiger partial charge in [-0.2, -0.15) is 0 Å². The van der Waals surface area contributed by atoms with Crippen molar-refractivity contribution in [1.29, 1.82) is 0 Å². The zero-order valence-electron chi connectivity index (χ0n) is 9.73. The molecule has 0 saturated carbocycles. The minimum Gasteiger partial charge on any atom is -0.497 e. The summed E-state index contributed by atoms with van der Waals surface area (Å²) < 4.78 is 5.17. The first kappa shape index (κ1) is 12.0. The van der Waals surface area contributed by atoms with E-state index in [2.05, 4.69) is 11.0 Å². The van der Waals surface area contributed by atoms with Crippen molar-refractivity contribution in [2.45, 2.75) is 12.5 Å². The summed E-state index contributed by atoms with van der Waals surface area (Å²) in [7, 11) is 5.75. The van der Waals surface area contributed by atoms with Crippen LogP contribution in [0.15, 0.2) is 24.3 Å². The molecule has 0 bridgehead atoms. The average molecular weight is 208 g/mol. The monoisotopic (exact) mass is 208 g/mol. The largest absolute Gasteiger partial charge is 0.497 e. The third-order valence-corrected chi connectivity index (χ3v) is 2.23. The second-order valence-electron chi connectivity index (χ2n) is 4.08. The van der Waals surface area contributed by atoms with Gasteiger partial charge in [0.1, 0.15) is 5.75 Å². The van der Waals surface area contributed by atoms with Crippen LogP contribution in [0.1, 0.15) is 5.56 Å². The molecule has 0 aromatic heterocycles. The van der Waals surface area contributed by atoms with Crippen LogP contribution in [-0.4, -0.2) is 38.7 Å². The third kappa shape index (κ3) is 4.32. The highest BCUT2D eigenvalue weighted by Crippen LogP contribution is 2.13. The van der Waals surface area contributed by atoms with Gasteiger partial charge in [-0.15, -0.1) is 0 Å². The van der Waals surface area contributed by atoms with Gasteiger partial charge in [0.25, 0.3) is 0 Å². The van der Waals surface area contributed by atoms with Crippen LogP contribution in [0.3, 0.4) is 0 Å². The Kier molecular flexibility index (Phi) is 4.59. The fourth-order valence-corrected chi connectivity index (χ4v) is 1.64. The lowest BCUT2D eigenvalue weighted by atomic mass is 10.1. The summed E-state index contributed by atoms with van der Waals surface area (Å²) in [6.45, 7) is 0.900. The van der Waals surface area contributed by atoms with Gasteiger partial charge in [-0.25, -0.2) is 0 Å². The maximum Gasteiger partial charge on any atom is 0.119 e. The fourth-order valence-electron chi connectivity index (χ4n) is 1.64. The van der Waals surface area contributed by atoms with Gasteiger partial charge >= 0.3 is 0 Å². The third-order valence-electron chi connectivity index (χ3n) is 2.23. The molecule has 0 aliphatic rings. The minimum absolute atomic E-state index is 0.173. The van der Waals surface area contributed by atoms with Crippen molar-refractivity contribution in [1.82, 2.24) is 4.90 Å². The van der Waals surface area contributed by atoms with Crippen molar-refractivity contribution >= 4 is 0 Å². The van der Waals surface area contributed by atoms with Crippen molar-refractivity contribution in [3.8, 4) is 5.75 Å². The van der Waals surface area contributed by atoms with Crippen molar-refractivity contribution in [2.75, 3.05) is 27.7 Å². The Bertz CT molecular complexity index is 299. The van der Waals surface area contributed by atoms with Crippen molar-refractivity contribution in [3.05, 3.63) is 29.8 Å². The van der Waals surface area contributed by atoms with Crippen LogP contribution in [0.25, 0.3) is 0 Å². The second kappa shape index (κ2) is 5.73. The summed E-state index contributed by atoms with van der Waals surface area (Å²) in [5.41, 5.74) is 7.24. The molecule has 2 N–H and O–H groups in total. The molecule has 1 unspecified atom stereocenters. The summed E-state index contributed by atoms with van der Waals surface area (Å²) in [5, 5.41) is 0. The van der Waals surface area contributed by atoms with E-state index in [-0.39, 0.29) is 6.04 Å². The lowest BCUT2D eigenvalue weighted by Crippen LogP contribution is -2.34. The van der Waals surface area contributed by atoms with E-state index < -0.39 is 0 Å². The number of ether oxygens (including phenoxy) is 1. The molecular weight excluding hydrogens is 188 g/mol.